The van der Waals surface area contributed by atoms with Crippen LogP contribution in [0.1, 0.15) is 18.1 Å². The third-order valence-corrected chi connectivity index (χ3v) is 4.64. The van der Waals surface area contributed by atoms with Gasteiger partial charge >= 0.3 is 0 Å². The number of benzene rings is 2. The predicted octanol–water partition coefficient (Wildman–Crippen LogP) is 3.26. The van der Waals surface area contributed by atoms with Gasteiger partial charge in [0.25, 0.3) is 0 Å². The molecule has 0 spiro atoms. The van der Waals surface area contributed by atoms with Crippen molar-refractivity contribution in [2.45, 2.75) is 25.4 Å². The number of tetrazole rings is 1. The third kappa shape index (κ3) is 4.24. The summed E-state index contributed by atoms with van der Waals surface area (Å²) < 4.78 is 1.64. The van der Waals surface area contributed by atoms with E-state index in [1.807, 2.05) is 55.5 Å². The molecule has 1 heterocycles. The minimum atomic E-state index is -0.0793. The van der Waals surface area contributed by atoms with E-state index in [4.69, 9.17) is 0 Å². The number of nitrogens with zero attached hydrogens (tertiary/aromatic N) is 4. The lowest BCUT2D eigenvalue weighted by atomic mass is 10.1. The van der Waals surface area contributed by atoms with Crippen molar-refractivity contribution in [3.63, 3.8) is 0 Å². The number of aryl methyl sites for hydroxylation is 2. The number of thioether (sulfide) groups is 1. The fraction of sp³-hybridized carbons (Fsp3) is 0.222. The Morgan fingerprint density at radius 1 is 1.16 bits per heavy atom. The maximum Gasteiger partial charge on any atom is 0.234 e. The van der Waals surface area contributed by atoms with Crippen LogP contribution in [0.2, 0.25) is 0 Å². The lowest BCUT2D eigenvalue weighted by molar-refractivity contribution is -0.113. The number of rotatable bonds is 6. The molecule has 0 saturated carbocycles. The molecular formula is C18H19N5OS. The highest BCUT2D eigenvalue weighted by Crippen LogP contribution is 2.20. The summed E-state index contributed by atoms with van der Waals surface area (Å²) in [6, 6.07) is 15.7. The van der Waals surface area contributed by atoms with Crippen molar-refractivity contribution in [1.82, 2.24) is 20.2 Å². The molecular weight excluding hydrogens is 334 g/mol. The predicted molar refractivity (Wildman–Crippen MR) is 99.1 cm³/mol. The van der Waals surface area contributed by atoms with E-state index in [0.29, 0.717) is 5.16 Å². The summed E-state index contributed by atoms with van der Waals surface area (Å²) in [7, 11) is 0. The average Bonchev–Trinajstić information content (AvgIpc) is 3.09. The van der Waals surface area contributed by atoms with Gasteiger partial charge < -0.3 is 5.32 Å². The highest BCUT2D eigenvalue weighted by atomic mass is 32.2. The van der Waals surface area contributed by atoms with Crippen LogP contribution in [0.5, 0.6) is 0 Å². The molecule has 1 amide bonds. The first kappa shape index (κ1) is 17.2. The Morgan fingerprint density at radius 3 is 2.68 bits per heavy atom. The summed E-state index contributed by atoms with van der Waals surface area (Å²) in [5, 5.41) is 15.3. The topological polar surface area (TPSA) is 72.7 Å². The molecule has 3 rings (SSSR count). The minimum absolute atomic E-state index is 0.0793. The van der Waals surface area contributed by atoms with Gasteiger partial charge in [0, 0.05) is 5.69 Å². The number of carbonyl (C=O) groups excluding carboxylic acids is 1. The molecule has 3 aromatic rings. The summed E-state index contributed by atoms with van der Waals surface area (Å²) in [6.07, 6.45) is 0.870. The van der Waals surface area contributed by atoms with Crippen LogP contribution in [-0.2, 0) is 11.2 Å². The van der Waals surface area contributed by atoms with E-state index in [1.165, 1.54) is 17.3 Å². The van der Waals surface area contributed by atoms with Crippen LogP contribution in [0.3, 0.4) is 0 Å². The number of hydrogen-bond acceptors (Lipinski definition) is 5. The molecule has 0 aliphatic rings. The fourth-order valence-electron chi connectivity index (χ4n) is 2.38. The van der Waals surface area contributed by atoms with Crippen molar-refractivity contribution in [3.8, 4) is 5.69 Å². The van der Waals surface area contributed by atoms with Crippen LogP contribution in [0.25, 0.3) is 5.69 Å². The second kappa shape index (κ2) is 7.94. The summed E-state index contributed by atoms with van der Waals surface area (Å²) >= 11 is 1.31. The van der Waals surface area contributed by atoms with Gasteiger partial charge in [0.05, 0.1) is 11.4 Å². The maximum atomic E-state index is 12.3. The number of para-hydroxylation sites is 1. The lowest BCUT2D eigenvalue weighted by Gasteiger charge is -2.09. The monoisotopic (exact) mass is 353 g/mol. The molecule has 1 aromatic heterocycles. The molecule has 128 valence electrons. The van der Waals surface area contributed by atoms with E-state index in [1.54, 1.807) is 4.68 Å². The molecule has 6 nitrogen and oxygen atoms in total. The first-order chi connectivity index (χ1) is 12.2. The van der Waals surface area contributed by atoms with Crippen LogP contribution in [0, 0.1) is 6.92 Å². The molecule has 0 aliphatic carbocycles. The largest absolute Gasteiger partial charge is 0.325 e. The van der Waals surface area contributed by atoms with Gasteiger partial charge in [-0.1, -0.05) is 54.6 Å². The van der Waals surface area contributed by atoms with Gasteiger partial charge in [-0.2, -0.15) is 4.68 Å². The molecule has 0 saturated heterocycles. The third-order valence-electron chi connectivity index (χ3n) is 3.72. The Morgan fingerprint density at radius 2 is 1.92 bits per heavy atom. The van der Waals surface area contributed by atoms with Crippen molar-refractivity contribution in [2.75, 3.05) is 11.1 Å². The molecule has 0 radical (unpaired) electrons. The van der Waals surface area contributed by atoms with E-state index in [0.717, 1.165) is 23.4 Å². The van der Waals surface area contributed by atoms with E-state index in [-0.39, 0.29) is 11.7 Å². The zero-order valence-electron chi connectivity index (χ0n) is 14.1. The molecule has 0 atom stereocenters. The Balaban J connectivity index is 1.65. The molecule has 0 fully saturated rings. The van der Waals surface area contributed by atoms with Crippen LogP contribution < -0.4 is 5.32 Å². The number of anilines is 1. The Kier molecular flexibility index (Phi) is 5.45. The van der Waals surface area contributed by atoms with Crippen molar-refractivity contribution >= 4 is 23.4 Å². The normalized spacial score (nSPS) is 10.6. The number of aromatic nitrogens is 4. The average molecular weight is 353 g/mol. The zero-order chi connectivity index (χ0) is 17.6. The Hall–Kier alpha value is -2.67. The summed E-state index contributed by atoms with van der Waals surface area (Å²) in [4.78, 5) is 12.3. The lowest BCUT2D eigenvalue weighted by Crippen LogP contribution is -2.15. The standard InChI is InChI=1S/C18H19N5OS/c1-3-14-6-4-5-7-16(14)19-17(24)12-25-18-20-21-22-23(18)15-10-8-13(2)9-11-15/h4-11H,3,12H2,1-2H3,(H,19,24). The fourth-order valence-corrected chi connectivity index (χ4v) is 3.07. The van der Waals surface area contributed by atoms with Crippen molar-refractivity contribution in [3.05, 3.63) is 59.7 Å². The van der Waals surface area contributed by atoms with Gasteiger partial charge in [-0.25, -0.2) is 0 Å². The van der Waals surface area contributed by atoms with Crippen molar-refractivity contribution in [1.29, 1.82) is 0 Å². The molecule has 0 bridgehead atoms. The van der Waals surface area contributed by atoms with E-state index >= 15 is 0 Å². The van der Waals surface area contributed by atoms with Crippen molar-refractivity contribution in [2.24, 2.45) is 0 Å². The van der Waals surface area contributed by atoms with Crippen LogP contribution in [-0.4, -0.2) is 31.9 Å². The van der Waals surface area contributed by atoms with Gasteiger partial charge in [-0.05, 0) is 47.5 Å². The first-order valence-electron chi connectivity index (χ1n) is 8.03. The first-order valence-corrected chi connectivity index (χ1v) is 9.02. The van der Waals surface area contributed by atoms with Crippen LogP contribution >= 0.6 is 11.8 Å². The van der Waals surface area contributed by atoms with E-state index in [2.05, 4.69) is 27.8 Å². The highest BCUT2D eigenvalue weighted by Gasteiger charge is 2.12. The second-order valence-corrected chi connectivity index (χ2v) is 6.50. The molecule has 0 unspecified atom stereocenters. The molecule has 7 heteroatoms. The summed E-state index contributed by atoms with van der Waals surface area (Å²) in [5.41, 5.74) is 4.01. The zero-order valence-corrected chi connectivity index (χ0v) is 15.0. The Labute approximate surface area is 150 Å². The molecule has 2 aromatic carbocycles. The molecule has 25 heavy (non-hydrogen) atoms. The van der Waals surface area contributed by atoms with E-state index < -0.39 is 0 Å². The second-order valence-electron chi connectivity index (χ2n) is 5.56. The number of hydrogen-bond donors (Lipinski definition) is 1. The van der Waals surface area contributed by atoms with Gasteiger partial charge in [0.1, 0.15) is 0 Å². The maximum absolute atomic E-state index is 12.3. The smallest absolute Gasteiger partial charge is 0.234 e. The van der Waals surface area contributed by atoms with Crippen LogP contribution in [0.4, 0.5) is 5.69 Å². The Bertz CT molecular complexity index is 860. The van der Waals surface area contributed by atoms with Gasteiger partial charge in [-0.15, -0.1) is 5.10 Å². The number of amides is 1. The summed E-state index contributed by atoms with van der Waals surface area (Å²) in [6.45, 7) is 4.09. The SMILES string of the molecule is CCc1ccccc1NC(=O)CSc1nnnn1-c1ccc(C)cc1. The quantitative estimate of drug-likeness (QED) is 0.689. The molecule has 1 N–H and O–H groups in total. The number of carbonyl (C=O) groups is 1. The summed E-state index contributed by atoms with van der Waals surface area (Å²) in [5.74, 6) is 0.161. The number of nitrogens with one attached hydrogen (secondary N) is 1. The van der Waals surface area contributed by atoms with Crippen molar-refractivity contribution < 1.29 is 4.79 Å². The van der Waals surface area contributed by atoms with Gasteiger partial charge in [0.15, 0.2) is 0 Å². The highest BCUT2D eigenvalue weighted by molar-refractivity contribution is 7.99. The van der Waals surface area contributed by atoms with Gasteiger partial charge in [0.2, 0.25) is 11.1 Å². The molecule has 0 aliphatic heterocycles. The van der Waals surface area contributed by atoms with Crippen LogP contribution in [0.15, 0.2) is 53.7 Å². The van der Waals surface area contributed by atoms with Gasteiger partial charge in [-0.3, -0.25) is 4.79 Å². The van der Waals surface area contributed by atoms with E-state index in [9.17, 15) is 4.79 Å². The minimum Gasteiger partial charge on any atom is -0.325 e.